The van der Waals surface area contributed by atoms with Gasteiger partial charge in [-0.1, -0.05) is 54.6 Å². The average Bonchev–Trinajstić information content (AvgIpc) is 3.05. The van der Waals surface area contributed by atoms with Crippen molar-refractivity contribution in [3.8, 4) is 0 Å². The maximum atomic E-state index is 13.6. The fourth-order valence-electron chi connectivity index (χ4n) is 5.09. The van der Waals surface area contributed by atoms with Gasteiger partial charge in [-0.15, -0.1) is 0 Å². The van der Waals surface area contributed by atoms with Gasteiger partial charge in [-0.2, -0.15) is 0 Å². The van der Waals surface area contributed by atoms with Gasteiger partial charge in [-0.25, -0.2) is 0 Å². The monoisotopic (exact) mass is 651 g/mol. The summed E-state index contributed by atoms with van der Waals surface area (Å²) in [5.41, 5.74) is 13.3. The molecule has 2 heterocycles. The van der Waals surface area contributed by atoms with Gasteiger partial charge in [-0.3, -0.25) is 28.8 Å². The van der Waals surface area contributed by atoms with E-state index in [9.17, 15) is 33.9 Å². The second-order valence-electron chi connectivity index (χ2n) is 11.5. The molecular weight excluding hydrogens is 606 g/mol. The van der Waals surface area contributed by atoms with Gasteiger partial charge in [0, 0.05) is 19.4 Å². The van der Waals surface area contributed by atoms with Gasteiger partial charge >= 0.3 is 0 Å². The first-order valence-electron chi connectivity index (χ1n) is 15.8. The lowest BCUT2D eigenvalue weighted by atomic mass is 10.0. The summed E-state index contributed by atoms with van der Waals surface area (Å²) in [5, 5.41) is 23.2. The van der Waals surface area contributed by atoms with Crippen LogP contribution in [0.2, 0.25) is 0 Å². The number of benzene rings is 2. The van der Waals surface area contributed by atoms with Crippen LogP contribution >= 0.6 is 0 Å². The van der Waals surface area contributed by atoms with Gasteiger partial charge in [0.15, 0.2) is 0 Å². The molecule has 0 saturated carbocycles. The Kier molecular flexibility index (Phi) is 14.8. The highest BCUT2D eigenvalue weighted by Gasteiger charge is 2.31. The number of aliphatic hydroxyl groups is 1. The van der Waals surface area contributed by atoms with Crippen LogP contribution in [0.25, 0.3) is 0 Å². The summed E-state index contributed by atoms with van der Waals surface area (Å²) in [7, 11) is 0. The molecule has 14 heteroatoms. The summed E-state index contributed by atoms with van der Waals surface area (Å²) >= 11 is 0. The summed E-state index contributed by atoms with van der Waals surface area (Å²) in [6.45, 7) is -0.133. The molecule has 0 unspecified atom stereocenters. The Morgan fingerprint density at radius 3 is 1.96 bits per heavy atom. The first-order valence-corrected chi connectivity index (χ1v) is 15.8. The number of unbranched alkanes of at least 4 members (excludes halogenated alkanes) is 1. The summed E-state index contributed by atoms with van der Waals surface area (Å²) in [6.07, 6.45) is 1.53. The first-order chi connectivity index (χ1) is 22.6. The third kappa shape index (κ3) is 12.5. The van der Waals surface area contributed by atoms with Crippen molar-refractivity contribution >= 4 is 35.4 Å². The molecule has 2 aliphatic rings. The number of fused-ring (bicyclic) bond motifs is 18. The number of aliphatic hydroxyl groups excluding tert-OH is 1. The van der Waals surface area contributed by atoms with Crippen molar-refractivity contribution in [3.05, 3.63) is 71.3 Å². The largest absolute Gasteiger partial charge is 0.394 e. The molecule has 6 amide bonds. The molecule has 2 aromatic rings. The van der Waals surface area contributed by atoms with Gasteiger partial charge in [0.2, 0.25) is 35.4 Å². The lowest BCUT2D eigenvalue weighted by molar-refractivity contribution is -0.135. The van der Waals surface area contributed by atoms with E-state index in [4.69, 9.17) is 11.5 Å². The van der Waals surface area contributed by atoms with Crippen LogP contribution in [0.5, 0.6) is 0 Å². The van der Waals surface area contributed by atoms with Gasteiger partial charge in [0.1, 0.15) is 24.2 Å². The molecular formula is C33H45N7O7. The van der Waals surface area contributed by atoms with E-state index in [1.165, 1.54) is 0 Å². The summed E-state index contributed by atoms with van der Waals surface area (Å²) in [6, 6.07) is 11.4. The Balaban J connectivity index is 1.93. The zero-order valence-electron chi connectivity index (χ0n) is 26.3. The maximum absolute atomic E-state index is 13.6. The molecule has 0 radical (unpaired) electrons. The quantitative estimate of drug-likeness (QED) is 0.111. The van der Waals surface area contributed by atoms with Crippen molar-refractivity contribution in [2.45, 2.75) is 75.5 Å². The van der Waals surface area contributed by atoms with E-state index in [1.54, 1.807) is 36.4 Å². The third-order valence-corrected chi connectivity index (χ3v) is 7.74. The van der Waals surface area contributed by atoms with Crippen LogP contribution in [0, 0.1) is 0 Å². The lowest BCUT2D eigenvalue weighted by Gasteiger charge is -2.26. The van der Waals surface area contributed by atoms with E-state index >= 15 is 0 Å². The Bertz CT molecular complexity index is 1370. The number of primary amides is 1. The minimum Gasteiger partial charge on any atom is -0.394 e. The van der Waals surface area contributed by atoms with E-state index in [1.807, 2.05) is 18.2 Å². The van der Waals surface area contributed by atoms with E-state index in [0.717, 1.165) is 11.1 Å². The highest BCUT2D eigenvalue weighted by molar-refractivity contribution is 5.96. The smallest absolute Gasteiger partial charge is 0.245 e. The molecule has 0 aromatic heterocycles. The van der Waals surface area contributed by atoms with Crippen LogP contribution in [0.1, 0.15) is 48.8 Å². The summed E-state index contributed by atoms with van der Waals surface area (Å²) in [4.78, 5) is 78.0. The Morgan fingerprint density at radius 2 is 1.32 bits per heavy atom. The molecule has 0 aliphatic carbocycles. The van der Waals surface area contributed by atoms with E-state index in [2.05, 4.69) is 26.6 Å². The molecule has 14 nitrogen and oxygen atoms in total. The Morgan fingerprint density at radius 1 is 0.723 bits per heavy atom. The van der Waals surface area contributed by atoms with Crippen molar-refractivity contribution in [3.63, 3.8) is 0 Å². The van der Waals surface area contributed by atoms with Crippen LogP contribution < -0.4 is 38.1 Å². The van der Waals surface area contributed by atoms with Crippen LogP contribution in [-0.4, -0.2) is 84.4 Å². The van der Waals surface area contributed by atoms with Gasteiger partial charge in [-0.05, 0) is 55.3 Å². The third-order valence-electron chi connectivity index (χ3n) is 7.74. The predicted octanol–water partition coefficient (Wildman–Crippen LogP) is -1.53. The standard InChI is InChI=1S/C33H45N7O7/c34-16-5-4-8-24-30(44)36-17-15-21-9-11-23(12-10-21)19-29(43)37-26(18-22-6-2-1-3-7-22)32(46)39-25(13-14-28(35)42)31(45)40-27(20-41)33(47)38-24/h1-3,6-7,9-12,24-27,41H,4-5,8,13-20,34H2,(H2,35,42)(H,36,44)(H,37,43)(H,38,47)(H,39,46)(H,40,45)/t24-,25-,26+,27-/m0/s1. The van der Waals surface area contributed by atoms with Crippen LogP contribution in [0.15, 0.2) is 54.6 Å². The highest BCUT2D eigenvalue weighted by Crippen LogP contribution is 2.10. The number of carbonyl (C=O) groups is 6. The Labute approximate surface area is 273 Å². The van der Waals surface area contributed by atoms with Crippen molar-refractivity contribution < 1.29 is 33.9 Å². The molecule has 10 N–H and O–H groups in total. The van der Waals surface area contributed by atoms with E-state index in [0.29, 0.717) is 31.4 Å². The predicted molar refractivity (Wildman–Crippen MR) is 173 cm³/mol. The Hall–Kier alpha value is -4.82. The topological polar surface area (TPSA) is 235 Å². The van der Waals surface area contributed by atoms with E-state index < -0.39 is 66.2 Å². The molecule has 2 aromatic carbocycles. The van der Waals surface area contributed by atoms with Crippen molar-refractivity contribution in [1.29, 1.82) is 0 Å². The molecule has 0 saturated heterocycles. The fourth-order valence-corrected chi connectivity index (χ4v) is 5.09. The molecule has 47 heavy (non-hydrogen) atoms. The number of hydrogen-bond acceptors (Lipinski definition) is 8. The SMILES string of the molecule is NCCCC[C@@H]1NC(=O)[C@H](CO)NC(=O)[C@H](CCC(N)=O)NC(=O)[C@@H](Cc2ccccc2)NC(=O)Cc2ccc(cc2)CCNC1=O. The fraction of sp³-hybridized carbons (Fsp3) is 0.455. The number of nitrogens with one attached hydrogen (secondary N) is 5. The van der Waals surface area contributed by atoms with Gasteiger partial charge < -0.3 is 43.2 Å². The maximum Gasteiger partial charge on any atom is 0.245 e. The lowest BCUT2D eigenvalue weighted by Crippen LogP contribution is -2.59. The molecule has 0 spiro atoms. The van der Waals surface area contributed by atoms with Gasteiger partial charge in [0.25, 0.3) is 0 Å². The zero-order chi connectivity index (χ0) is 34.2. The second kappa shape index (κ2) is 19.0. The zero-order valence-corrected chi connectivity index (χ0v) is 26.3. The first kappa shape index (κ1) is 36.6. The average molecular weight is 652 g/mol. The molecule has 254 valence electrons. The summed E-state index contributed by atoms with van der Waals surface area (Å²) in [5.74, 6) is -3.97. The summed E-state index contributed by atoms with van der Waals surface area (Å²) < 4.78 is 0. The molecule has 4 atom stereocenters. The molecule has 2 bridgehead atoms. The number of amides is 6. The molecule has 0 fully saturated rings. The normalized spacial score (nSPS) is 21.8. The second-order valence-corrected chi connectivity index (χ2v) is 11.5. The minimum absolute atomic E-state index is 0.0163. The molecule has 2 aliphatic heterocycles. The number of rotatable bonds is 10. The minimum atomic E-state index is -1.48. The highest BCUT2D eigenvalue weighted by atomic mass is 16.3. The van der Waals surface area contributed by atoms with Crippen LogP contribution in [0.4, 0.5) is 0 Å². The van der Waals surface area contributed by atoms with Crippen molar-refractivity contribution in [2.24, 2.45) is 11.5 Å². The number of nitrogens with two attached hydrogens (primary N) is 2. The van der Waals surface area contributed by atoms with E-state index in [-0.39, 0.29) is 38.6 Å². The number of hydrogen-bond donors (Lipinski definition) is 8. The van der Waals surface area contributed by atoms with Crippen LogP contribution in [-0.2, 0) is 48.0 Å². The van der Waals surface area contributed by atoms with Crippen molar-refractivity contribution in [2.75, 3.05) is 19.7 Å². The van der Waals surface area contributed by atoms with Gasteiger partial charge in [0.05, 0.1) is 13.0 Å². The van der Waals surface area contributed by atoms with Crippen LogP contribution in [0.3, 0.4) is 0 Å². The number of carbonyl (C=O) groups excluding carboxylic acids is 6. The molecule has 4 rings (SSSR count). The van der Waals surface area contributed by atoms with Crippen molar-refractivity contribution in [1.82, 2.24) is 26.6 Å².